The number of halogens is 2. The molecule has 10 heteroatoms. The molecule has 2 heterocycles. The Hall–Kier alpha value is -2.65. The molecule has 0 aliphatic rings. The maximum atomic E-state index is 12.4. The normalized spacial score (nSPS) is 12.0. The van der Waals surface area contributed by atoms with Gasteiger partial charge >= 0.3 is 5.97 Å². The Morgan fingerprint density at radius 3 is 2.59 bits per heavy atom. The van der Waals surface area contributed by atoms with Crippen LogP contribution in [-0.4, -0.2) is 36.5 Å². The second-order valence-electron chi connectivity index (χ2n) is 5.80. The van der Waals surface area contributed by atoms with Crippen LogP contribution < -0.4 is 5.32 Å². The van der Waals surface area contributed by atoms with Crippen molar-refractivity contribution in [3.05, 3.63) is 63.5 Å². The number of nitrogens with one attached hydrogen (secondary N) is 1. The maximum absolute atomic E-state index is 12.4. The van der Waals surface area contributed by atoms with Crippen LogP contribution in [0.5, 0.6) is 0 Å². The predicted octanol–water partition coefficient (Wildman–Crippen LogP) is 3.44. The molecule has 0 spiro atoms. The molecule has 0 fully saturated rings. The first kappa shape index (κ1) is 19.1. The summed E-state index contributed by atoms with van der Waals surface area (Å²) in [6, 6.07) is 8.37. The van der Waals surface area contributed by atoms with E-state index in [0.717, 1.165) is 10.0 Å². The molecule has 0 radical (unpaired) electrons. The third kappa shape index (κ3) is 4.55. The molecule has 1 amide bonds. The Bertz CT molecular complexity index is 983. The molecule has 1 unspecified atom stereocenters. The minimum absolute atomic E-state index is 0.133. The van der Waals surface area contributed by atoms with Crippen molar-refractivity contribution >= 4 is 45.2 Å². The highest BCUT2D eigenvalue weighted by molar-refractivity contribution is 9.10. The van der Waals surface area contributed by atoms with E-state index in [9.17, 15) is 9.59 Å². The SMILES string of the molecule is CC(C(=O)Nc1nn(Cc2ccc(Br)cc2)cc1Cl)n1ccc(C(=O)O)n1. The quantitative estimate of drug-likeness (QED) is 0.596. The predicted molar refractivity (Wildman–Crippen MR) is 103 cm³/mol. The topological polar surface area (TPSA) is 102 Å². The summed E-state index contributed by atoms with van der Waals surface area (Å²) in [4.78, 5) is 23.3. The summed E-state index contributed by atoms with van der Waals surface area (Å²) in [6.07, 6.45) is 3.06. The molecule has 2 aromatic heterocycles. The van der Waals surface area contributed by atoms with E-state index in [0.29, 0.717) is 11.6 Å². The number of aromatic carboxylic acids is 1. The first-order valence-corrected chi connectivity index (χ1v) is 9.07. The van der Waals surface area contributed by atoms with Gasteiger partial charge in [0.05, 0.1) is 6.54 Å². The van der Waals surface area contributed by atoms with E-state index in [1.165, 1.54) is 16.9 Å². The fraction of sp³-hybridized carbons (Fsp3) is 0.176. The highest BCUT2D eigenvalue weighted by Crippen LogP contribution is 2.22. The van der Waals surface area contributed by atoms with E-state index < -0.39 is 17.9 Å². The first-order chi connectivity index (χ1) is 12.8. The highest BCUT2D eigenvalue weighted by atomic mass is 79.9. The Labute approximate surface area is 167 Å². The molecule has 2 N–H and O–H groups in total. The maximum Gasteiger partial charge on any atom is 0.356 e. The molecule has 27 heavy (non-hydrogen) atoms. The largest absolute Gasteiger partial charge is 0.476 e. The van der Waals surface area contributed by atoms with Crippen LogP contribution in [0.3, 0.4) is 0 Å². The number of rotatable bonds is 6. The summed E-state index contributed by atoms with van der Waals surface area (Å²) in [5.74, 6) is -1.34. The van der Waals surface area contributed by atoms with Crippen molar-refractivity contribution in [1.29, 1.82) is 0 Å². The lowest BCUT2D eigenvalue weighted by Gasteiger charge is -2.11. The second-order valence-corrected chi connectivity index (χ2v) is 7.12. The van der Waals surface area contributed by atoms with Gasteiger partial charge in [-0.05, 0) is 30.7 Å². The number of aromatic nitrogens is 4. The lowest BCUT2D eigenvalue weighted by atomic mass is 10.2. The van der Waals surface area contributed by atoms with Crippen LogP contribution in [0.15, 0.2) is 47.2 Å². The standard InChI is InChI=1S/C17H15BrClN5O3/c1-10(24-7-6-14(21-24)17(26)27)16(25)20-15-13(19)9-23(22-15)8-11-2-4-12(18)5-3-11/h2-7,9-10H,8H2,1H3,(H,26,27)(H,20,22,25). The van der Waals surface area contributed by atoms with E-state index in [2.05, 4.69) is 31.4 Å². The van der Waals surface area contributed by atoms with Gasteiger partial charge in [-0.15, -0.1) is 0 Å². The van der Waals surface area contributed by atoms with E-state index >= 15 is 0 Å². The number of amides is 1. The summed E-state index contributed by atoms with van der Waals surface area (Å²) in [5, 5.41) is 20.0. The van der Waals surface area contributed by atoms with Crippen LogP contribution in [0.4, 0.5) is 5.82 Å². The molecule has 140 valence electrons. The summed E-state index contributed by atoms with van der Waals surface area (Å²) in [6.45, 7) is 2.10. The van der Waals surface area contributed by atoms with Crippen LogP contribution in [0.25, 0.3) is 0 Å². The number of hydrogen-bond donors (Lipinski definition) is 2. The fourth-order valence-corrected chi connectivity index (χ4v) is 2.81. The molecule has 0 bridgehead atoms. The average Bonchev–Trinajstić information content (AvgIpc) is 3.24. The Kier molecular flexibility index (Phi) is 5.62. The van der Waals surface area contributed by atoms with Gasteiger partial charge in [-0.3, -0.25) is 14.2 Å². The van der Waals surface area contributed by atoms with Gasteiger partial charge in [-0.2, -0.15) is 10.2 Å². The van der Waals surface area contributed by atoms with Gasteiger partial charge < -0.3 is 10.4 Å². The van der Waals surface area contributed by atoms with Gasteiger partial charge in [0, 0.05) is 16.9 Å². The zero-order valence-electron chi connectivity index (χ0n) is 14.1. The van der Waals surface area contributed by atoms with Gasteiger partial charge in [-0.1, -0.05) is 39.7 Å². The number of carboxylic acid groups (broad SMARTS) is 1. The first-order valence-electron chi connectivity index (χ1n) is 7.90. The Morgan fingerprint density at radius 1 is 1.26 bits per heavy atom. The number of benzene rings is 1. The van der Waals surface area contributed by atoms with Gasteiger partial charge in [0.25, 0.3) is 0 Å². The number of carbonyl (C=O) groups excluding carboxylic acids is 1. The Balaban J connectivity index is 1.69. The molecular formula is C17H15BrClN5O3. The van der Waals surface area contributed by atoms with Crippen LogP contribution in [0.2, 0.25) is 5.02 Å². The van der Waals surface area contributed by atoms with Gasteiger partial charge in [-0.25, -0.2) is 4.79 Å². The van der Waals surface area contributed by atoms with Crippen LogP contribution in [0, 0.1) is 0 Å². The fourth-order valence-electron chi connectivity index (χ4n) is 2.35. The van der Waals surface area contributed by atoms with Crippen molar-refractivity contribution in [3.8, 4) is 0 Å². The van der Waals surface area contributed by atoms with Crippen LogP contribution >= 0.6 is 27.5 Å². The zero-order chi connectivity index (χ0) is 19.6. The van der Waals surface area contributed by atoms with Crippen molar-refractivity contribution in [2.24, 2.45) is 0 Å². The molecule has 0 saturated heterocycles. The van der Waals surface area contributed by atoms with Gasteiger partial charge in [0.2, 0.25) is 5.91 Å². The van der Waals surface area contributed by atoms with Crippen molar-refractivity contribution in [3.63, 3.8) is 0 Å². The highest BCUT2D eigenvalue weighted by Gasteiger charge is 2.20. The minimum atomic E-state index is -1.16. The molecular weight excluding hydrogens is 438 g/mol. The molecule has 1 atom stereocenters. The molecule has 3 aromatic rings. The number of nitrogens with zero attached hydrogens (tertiary/aromatic N) is 4. The third-order valence-corrected chi connectivity index (χ3v) is 4.63. The van der Waals surface area contributed by atoms with E-state index in [1.54, 1.807) is 17.8 Å². The van der Waals surface area contributed by atoms with E-state index in [-0.39, 0.29) is 11.5 Å². The lowest BCUT2D eigenvalue weighted by Crippen LogP contribution is -2.24. The van der Waals surface area contributed by atoms with Crippen molar-refractivity contribution in [1.82, 2.24) is 19.6 Å². The molecule has 3 rings (SSSR count). The summed E-state index contributed by atoms with van der Waals surface area (Å²) in [5.41, 5.74) is 0.896. The third-order valence-electron chi connectivity index (χ3n) is 3.82. The monoisotopic (exact) mass is 451 g/mol. The average molecular weight is 453 g/mol. The number of carbonyl (C=O) groups is 2. The van der Waals surface area contributed by atoms with E-state index in [1.807, 2.05) is 24.3 Å². The molecule has 1 aromatic carbocycles. The number of hydrogen-bond acceptors (Lipinski definition) is 4. The molecule has 0 saturated carbocycles. The summed E-state index contributed by atoms with van der Waals surface area (Å²) >= 11 is 9.56. The molecule has 8 nitrogen and oxygen atoms in total. The van der Waals surface area contributed by atoms with Crippen LogP contribution in [-0.2, 0) is 11.3 Å². The zero-order valence-corrected chi connectivity index (χ0v) is 16.5. The van der Waals surface area contributed by atoms with Gasteiger partial charge in [0.15, 0.2) is 11.5 Å². The van der Waals surface area contributed by atoms with Crippen molar-refractivity contribution < 1.29 is 14.7 Å². The van der Waals surface area contributed by atoms with Gasteiger partial charge in [0.1, 0.15) is 11.1 Å². The summed E-state index contributed by atoms with van der Waals surface area (Å²) < 4.78 is 3.88. The van der Waals surface area contributed by atoms with E-state index in [4.69, 9.17) is 16.7 Å². The van der Waals surface area contributed by atoms with Crippen LogP contribution in [0.1, 0.15) is 29.0 Å². The van der Waals surface area contributed by atoms with Crippen molar-refractivity contribution in [2.45, 2.75) is 19.5 Å². The number of anilines is 1. The summed E-state index contributed by atoms with van der Waals surface area (Å²) in [7, 11) is 0. The minimum Gasteiger partial charge on any atom is -0.476 e. The molecule has 0 aliphatic heterocycles. The number of carboxylic acids is 1. The Morgan fingerprint density at radius 2 is 1.96 bits per heavy atom. The lowest BCUT2D eigenvalue weighted by molar-refractivity contribution is -0.119. The molecule has 0 aliphatic carbocycles. The second kappa shape index (κ2) is 7.93. The smallest absolute Gasteiger partial charge is 0.356 e. The van der Waals surface area contributed by atoms with Crippen molar-refractivity contribution in [2.75, 3.05) is 5.32 Å².